The first kappa shape index (κ1) is 14.9. The minimum absolute atomic E-state index is 0.180. The Bertz CT molecular complexity index is 470. The second-order valence-corrected chi connectivity index (χ2v) is 5.79. The maximum atomic E-state index is 12.7. The maximum Gasteiger partial charge on any atom is 0.255 e. The van der Waals surface area contributed by atoms with Crippen LogP contribution in [0.1, 0.15) is 49.0 Å². The molecule has 1 unspecified atom stereocenters. The molecule has 0 saturated carbocycles. The second-order valence-electron chi connectivity index (χ2n) is 5.79. The topological polar surface area (TPSA) is 32.3 Å². The molecule has 1 atom stereocenters. The minimum Gasteiger partial charge on any atom is -0.384 e. The van der Waals surface area contributed by atoms with Crippen LogP contribution in [0.3, 0.4) is 0 Å². The molecular formula is C17H26N2O. The van der Waals surface area contributed by atoms with Crippen LogP contribution >= 0.6 is 0 Å². The SMILES string of the molecule is CCCNc1cc(C)ccc1C(=O)N1CCC(CC)C1. The third kappa shape index (κ3) is 3.33. The molecule has 0 radical (unpaired) electrons. The lowest BCUT2D eigenvalue weighted by Gasteiger charge is -2.19. The highest BCUT2D eigenvalue weighted by atomic mass is 16.2. The lowest BCUT2D eigenvalue weighted by Crippen LogP contribution is -2.29. The first-order valence-electron chi connectivity index (χ1n) is 7.79. The molecular weight excluding hydrogens is 248 g/mol. The van der Waals surface area contributed by atoms with Gasteiger partial charge in [-0.1, -0.05) is 26.3 Å². The predicted octanol–water partition coefficient (Wildman–Crippen LogP) is 3.69. The summed E-state index contributed by atoms with van der Waals surface area (Å²) in [7, 11) is 0. The van der Waals surface area contributed by atoms with Gasteiger partial charge in [0.2, 0.25) is 0 Å². The minimum atomic E-state index is 0.180. The van der Waals surface area contributed by atoms with Crippen LogP contribution in [-0.2, 0) is 0 Å². The fourth-order valence-corrected chi connectivity index (χ4v) is 2.77. The highest BCUT2D eigenvalue weighted by Gasteiger charge is 2.26. The zero-order valence-electron chi connectivity index (χ0n) is 12.9. The van der Waals surface area contributed by atoms with Crippen LogP contribution in [0, 0.1) is 12.8 Å². The van der Waals surface area contributed by atoms with Gasteiger partial charge < -0.3 is 10.2 Å². The summed E-state index contributed by atoms with van der Waals surface area (Å²) in [5, 5.41) is 3.39. The van der Waals surface area contributed by atoms with Crippen LogP contribution in [0.4, 0.5) is 5.69 Å². The van der Waals surface area contributed by atoms with Crippen LogP contribution in [-0.4, -0.2) is 30.4 Å². The standard InChI is InChI=1S/C17H26N2O/c1-4-9-18-16-11-13(3)6-7-15(16)17(20)19-10-8-14(5-2)12-19/h6-7,11,14,18H,4-5,8-10,12H2,1-3H3. The fourth-order valence-electron chi connectivity index (χ4n) is 2.77. The van der Waals surface area contributed by atoms with Gasteiger partial charge in [-0.15, -0.1) is 0 Å². The van der Waals surface area contributed by atoms with Gasteiger partial charge in [-0.25, -0.2) is 0 Å². The molecule has 1 aromatic rings. The van der Waals surface area contributed by atoms with Gasteiger partial charge in [0.1, 0.15) is 0 Å². The largest absolute Gasteiger partial charge is 0.384 e. The summed E-state index contributed by atoms with van der Waals surface area (Å²) in [5.41, 5.74) is 2.99. The molecule has 1 aromatic carbocycles. The second kappa shape index (κ2) is 6.78. The molecule has 0 aromatic heterocycles. The molecule has 110 valence electrons. The van der Waals surface area contributed by atoms with Gasteiger partial charge in [0.25, 0.3) is 5.91 Å². The molecule has 3 heteroatoms. The van der Waals surface area contributed by atoms with Crippen molar-refractivity contribution in [1.82, 2.24) is 4.90 Å². The first-order chi connectivity index (χ1) is 9.65. The summed E-state index contributed by atoms with van der Waals surface area (Å²) < 4.78 is 0. The Labute approximate surface area is 122 Å². The number of rotatable bonds is 5. The Kier molecular flexibility index (Phi) is 5.05. The van der Waals surface area contributed by atoms with Gasteiger partial charge in [-0.2, -0.15) is 0 Å². The summed E-state index contributed by atoms with van der Waals surface area (Å²) in [6, 6.07) is 6.07. The van der Waals surface area contributed by atoms with Gasteiger partial charge in [0, 0.05) is 25.3 Å². The highest BCUT2D eigenvalue weighted by Crippen LogP contribution is 2.25. The van der Waals surface area contributed by atoms with Crippen molar-refractivity contribution in [2.75, 3.05) is 25.0 Å². The van der Waals surface area contributed by atoms with Crippen molar-refractivity contribution in [2.24, 2.45) is 5.92 Å². The Balaban J connectivity index is 2.16. The van der Waals surface area contributed by atoms with Crippen LogP contribution in [0.5, 0.6) is 0 Å². The molecule has 0 spiro atoms. The van der Waals surface area contributed by atoms with Gasteiger partial charge in [0.15, 0.2) is 0 Å². The first-order valence-corrected chi connectivity index (χ1v) is 7.79. The molecule has 1 heterocycles. The smallest absolute Gasteiger partial charge is 0.255 e. The van der Waals surface area contributed by atoms with E-state index in [1.54, 1.807) is 0 Å². The van der Waals surface area contributed by atoms with E-state index in [0.29, 0.717) is 5.92 Å². The van der Waals surface area contributed by atoms with E-state index in [1.165, 1.54) is 12.0 Å². The van der Waals surface area contributed by atoms with E-state index in [4.69, 9.17) is 0 Å². The van der Waals surface area contributed by atoms with E-state index in [1.807, 2.05) is 17.0 Å². The normalized spacial score (nSPS) is 18.4. The number of hydrogen-bond donors (Lipinski definition) is 1. The number of carbonyl (C=O) groups is 1. The van der Waals surface area contributed by atoms with Crippen molar-refractivity contribution in [1.29, 1.82) is 0 Å². The average molecular weight is 274 g/mol. The third-order valence-corrected chi connectivity index (χ3v) is 4.12. The monoisotopic (exact) mass is 274 g/mol. The zero-order chi connectivity index (χ0) is 14.5. The summed E-state index contributed by atoms with van der Waals surface area (Å²) in [4.78, 5) is 14.7. The van der Waals surface area contributed by atoms with Crippen molar-refractivity contribution in [2.45, 2.75) is 40.0 Å². The Morgan fingerprint density at radius 1 is 1.40 bits per heavy atom. The van der Waals surface area contributed by atoms with Crippen LogP contribution in [0.15, 0.2) is 18.2 Å². The summed E-state index contributed by atoms with van der Waals surface area (Å²) in [6.45, 7) is 9.12. The number of amides is 1. The molecule has 0 aliphatic carbocycles. The molecule has 1 aliphatic rings. The molecule has 1 saturated heterocycles. The van der Waals surface area contributed by atoms with Crippen molar-refractivity contribution < 1.29 is 4.79 Å². The number of nitrogens with one attached hydrogen (secondary N) is 1. The van der Waals surface area contributed by atoms with Crippen LogP contribution < -0.4 is 5.32 Å². The van der Waals surface area contributed by atoms with Crippen molar-refractivity contribution >= 4 is 11.6 Å². The number of carbonyl (C=O) groups excluding carboxylic acids is 1. The summed E-state index contributed by atoms with van der Waals surface area (Å²) in [6.07, 6.45) is 3.37. The summed E-state index contributed by atoms with van der Waals surface area (Å²) in [5.74, 6) is 0.857. The highest BCUT2D eigenvalue weighted by molar-refractivity contribution is 5.99. The average Bonchev–Trinajstić information content (AvgIpc) is 2.93. The number of nitrogens with zero attached hydrogens (tertiary/aromatic N) is 1. The molecule has 2 rings (SSSR count). The summed E-state index contributed by atoms with van der Waals surface area (Å²) >= 11 is 0. The molecule has 1 aliphatic heterocycles. The van der Waals surface area contributed by atoms with E-state index >= 15 is 0 Å². The van der Waals surface area contributed by atoms with E-state index in [-0.39, 0.29) is 5.91 Å². The molecule has 0 bridgehead atoms. The van der Waals surface area contributed by atoms with E-state index in [0.717, 1.165) is 43.7 Å². The lowest BCUT2D eigenvalue weighted by atomic mass is 10.1. The Hall–Kier alpha value is -1.51. The number of hydrogen-bond acceptors (Lipinski definition) is 2. The van der Waals surface area contributed by atoms with E-state index in [9.17, 15) is 4.79 Å². The number of anilines is 1. The maximum absolute atomic E-state index is 12.7. The number of aryl methyl sites for hydroxylation is 1. The van der Waals surface area contributed by atoms with Crippen LogP contribution in [0.25, 0.3) is 0 Å². The van der Waals surface area contributed by atoms with E-state index < -0.39 is 0 Å². The van der Waals surface area contributed by atoms with Gasteiger partial charge in [-0.3, -0.25) is 4.79 Å². The zero-order valence-corrected chi connectivity index (χ0v) is 12.9. The number of likely N-dealkylation sites (tertiary alicyclic amines) is 1. The van der Waals surface area contributed by atoms with Crippen molar-refractivity contribution in [3.8, 4) is 0 Å². The quantitative estimate of drug-likeness (QED) is 0.888. The van der Waals surface area contributed by atoms with Crippen molar-refractivity contribution in [3.63, 3.8) is 0 Å². The molecule has 1 N–H and O–H groups in total. The lowest BCUT2D eigenvalue weighted by molar-refractivity contribution is 0.0788. The molecule has 1 amide bonds. The predicted molar refractivity (Wildman–Crippen MR) is 84.3 cm³/mol. The van der Waals surface area contributed by atoms with Gasteiger partial charge >= 0.3 is 0 Å². The van der Waals surface area contributed by atoms with E-state index in [2.05, 4.69) is 32.2 Å². The molecule has 1 fully saturated rings. The Morgan fingerprint density at radius 3 is 2.85 bits per heavy atom. The molecule has 3 nitrogen and oxygen atoms in total. The number of benzene rings is 1. The Morgan fingerprint density at radius 2 is 2.20 bits per heavy atom. The third-order valence-electron chi connectivity index (χ3n) is 4.12. The van der Waals surface area contributed by atoms with Crippen LogP contribution in [0.2, 0.25) is 0 Å². The molecule has 20 heavy (non-hydrogen) atoms. The van der Waals surface area contributed by atoms with Gasteiger partial charge in [0.05, 0.1) is 5.56 Å². The fraction of sp³-hybridized carbons (Fsp3) is 0.588. The van der Waals surface area contributed by atoms with Gasteiger partial charge in [-0.05, 0) is 43.4 Å². The van der Waals surface area contributed by atoms with Crippen molar-refractivity contribution in [3.05, 3.63) is 29.3 Å².